The van der Waals surface area contributed by atoms with E-state index in [1.54, 1.807) is 6.20 Å². The van der Waals surface area contributed by atoms with Crippen LogP contribution in [0, 0.1) is 0 Å². The molecule has 0 aromatic carbocycles. The number of ether oxygens (including phenoxy) is 1. The van der Waals surface area contributed by atoms with Crippen molar-refractivity contribution in [2.75, 3.05) is 33.8 Å². The molecule has 0 fully saturated rings. The second kappa shape index (κ2) is 6.37. The van der Waals surface area contributed by atoms with Crippen molar-refractivity contribution in [3.8, 4) is 5.75 Å². The summed E-state index contributed by atoms with van der Waals surface area (Å²) >= 11 is 0. The van der Waals surface area contributed by atoms with Crippen molar-refractivity contribution < 1.29 is 4.74 Å². The van der Waals surface area contributed by atoms with E-state index in [2.05, 4.69) is 9.88 Å². The molecule has 0 aliphatic heterocycles. The van der Waals surface area contributed by atoms with Crippen LogP contribution < -0.4 is 10.5 Å². The smallest absolute Gasteiger partial charge is 0.137 e. The second-order valence-electron chi connectivity index (χ2n) is 3.68. The van der Waals surface area contributed by atoms with Crippen LogP contribution in [0.15, 0.2) is 18.3 Å². The molecule has 1 heterocycles. The number of nitrogens with two attached hydrogens (primary N) is 1. The van der Waals surface area contributed by atoms with E-state index in [1.165, 1.54) is 0 Å². The molecule has 0 bridgehead atoms. The summed E-state index contributed by atoms with van der Waals surface area (Å²) < 4.78 is 5.51. The number of hydrogen-bond acceptors (Lipinski definition) is 4. The fourth-order valence-corrected chi connectivity index (χ4v) is 1.14. The van der Waals surface area contributed by atoms with E-state index in [-0.39, 0.29) is 0 Å². The van der Waals surface area contributed by atoms with Crippen molar-refractivity contribution in [3.05, 3.63) is 24.0 Å². The SMILES string of the molecule is CN(C)CCOc1ccc(CCN)nc1. The maximum Gasteiger partial charge on any atom is 0.137 e. The summed E-state index contributed by atoms with van der Waals surface area (Å²) in [5.74, 6) is 0.817. The number of rotatable bonds is 6. The number of hydrogen-bond donors (Lipinski definition) is 1. The van der Waals surface area contributed by atoms with Gasteiger partial charge in [0.2, 0.25) is 0 Å². The third-order valence-electron chi connectivity index (χ3n) is 2.01. The van der Waals surface area contributed by atoms with E-state index in [4.69, 9.17) is 10.5 Å². The summed E-state index contributed by atoms with van der Waals surface area (Å²) in [6, 6.07) is 3.89. The highest BCUT2D eigenvalue weighted by atomic mass is 16.5. The summed E-state index contributed by atoms with van der Waals surface area (Å²) in [6.07, 6.45) is 2.57. The highest BCUT2D eigenvalue weighted by Gasteiger charge is 1.96. The Morgan fingerprint density at radius 2 is 2.20 bits per heavy atom. The molecule has 0 saturated heterocycles. The van der Waals surface area contributed by atoms with Crippen LogP contribution in [-0.4, -0.2) is 43.7 Å². The van der Waals surface area contributed by atoms with Gasteiger partial charge in [0.1, 0.15) is 12.4 Å². The molecule has 0 atom stereocenters. The lowest BCUT2D eigenvalue weighted by molar-refractivity contribution is 0.260. The van der Waals surface area contributed by atoms with E-state index in [0.717, 1.165) is 24.4 Å². The minimum Gasteiger partial charge on any atom is -0.491 e. The van der Waals surface area contributed by atoms with Gasteiger partial charge in [-0.05, 0) is 32.8 Å². The van der Waals surface area contributed by atoms with Crippen LogP contribution >= 0.6 is 0 Å². The summed E-state index contributed by atoms with van der Waals surface area (Å²) in [6.45, 7) is 2.23. The fourth-order valence-electron chi connectivity index (χ4n) is 1.14. The van der Waals surface area contributed by atoms with Crippen molar-refractivity contribution in [2.45, 2.75) is 6.42 Å². The highest BCUT2D eigenvalue weighted by molar-refractivity contribution is 5.19. The van der Waals surface area contributed by atoms with Gasteiger partial charge in [0.15, 0.2) is 0 Å². The molecule has 0 aliphatic rings. The van der Waals surface area contributed by atoms with E-state index in [1.807, 2.05) is 26.2 Å². The van der Waals surface area contributed by atoms with Crippen molar-refractivity contribution in [2.24, 2.45) is 5.73 Å². The lowest BCUT2D eigenvalue weighted by Gasteiger charge is -2.10. The zero-order valence-corrected chi connectivity index (χ0v) is 9.44. The van der Waals surface area contributed by atoms with Crippen LogP contribution in [-0.2, 0) is 6.42 Å². The van der Waals surface area contributed by atoms with Gasteiger partial charge in [0, 0.05) is 18.7 Å². The molecule has 2 N–H and O–H groups in total. The van der Waals surface area contributed by atoms with E-state index in [0.29, 0.717) is 13.2 Å². The van der Waals surface area contributed by atoms with Gasteiger partial charge in [-0.25, -0.2) is 0 Å². The molecule has 1 rings (SSSR count). The van der Waals surface area contributed by atoms with Crippen molar-refractivity contribution in [1.82, 2.24) is 9.88 Å². The molecule has 15 heavy (non-hydrogen) atoms. The average molecular weight is 209 g/mol. The Balaban J connectivity index is 2.36. The Morgan fingerprint density at radius 3 is 2.73 bits per heavy atom. The van der Waals surface area contributed by atoms with Gasteiger partial charge in [0.25, 0.3) is 0 Å². The summed E-state index contributed by atoms with van der Waals surface area (Å²) in [7, 11) is 4.04. The molecule has 4 heteroatoms. The Bertz CT molecular complexity index is 272. The Morgan fingerprint density at radius 1 is 1.40 bits per heavy atom. The average Bonchev–Trinajstić information content (AvgIpc) is 2.20. The first-order chi connectivity index (χ1) is 7.22. The fraction of sp³-hybridized carbons (Fsp3) is 0.545. The molecule has 4 nitrogen and oxygen atoms in total. The number of pyridine rings is 1. The number of nitrogens with zero attached hydrogens (tertiary/aromatic N) is 2. The normalized spacial score (nSPS) is 10.7. The minimum absolute atomic E-state index is 0.633. The monoisotopic (exact) mass is 209 g/mol. The van der Waals surface area contributed by atoms with Gasteiger partial charge in [-0.3, -0.25) is 4.98 Å². The third kappa shape index (κ3) is 4.76. The predicted octanol–water partition coefficient (Wildman–Crippen LogP) is 0.523. The standard InChI is InChI=1S/C11H19N3O/c1-14(2)7-8-15-11-4-3-10(5-6-12)13-9-11/h3-4,9H,5-8,12H2,1-2H3. The summed E-state index contributed by atoms with van der Waals surface area (Å²) in [5.41, 5.74) is 6.45. The maximum atomic E-state index is 5.51. The van der Waals surface area contributed by atoms with Crippen LogP contribution in [0.1, 0.15) is 5.69 Å². The largest absolute Gasteiger partial charge is 0.491 e. The minimum atomic E-state index is 0.633. The van der Waals surface area contributed by atoms with Gasteiger partial charge >= 0.3 is 0 Å². The summed E-state index contributed by atoms with van der Waals surface area (Å²) in [4.78, 5) is 6.33. The second-order valence-corrected chi connectivity index (χ2v) is 3.68. The van der Waals surface area contributed by atoms with Crippen LogP contribution in [0.3, 0.4) is 0 Å². The van der Waals surface area contributed by atoms with Crippen LogP contribution in [0.2, 0.25) is 0 Å². The van der Waals surface area contributed by atoms with E-state index >= 15 is 0 Å². The lowest BCUT2D eigenvalue weighted by atomic mass is 10.3. The lowest BCUT2D eigenvalue weighted by Crippen LogP contribution is -2.19. The molecule has 1 aromatic heterocycles. The molecule has 0 amide bonds. The highest BCUT2D eigenvalue weighted by Crippen LogP contribution is 2.08. The van der Waals surface area contributed by atoms with Gasteiger partial charge in [-0.1, -0.05) is 0 Å². The summed E-state index contributed by atoms with van der Waals surface area (Å²) in [5, 5.41) is 0. The van der Waals surface area contributed by atoms with E-state index < -0.39 is 0 Å². The zero-order chi connectivity index (χ0) is 11.1. The molecule has 0 saturated carbocycles. The molecule has 0 aliphatic carbocycles. The maximum absolute atomic E-state index is 5.51. The Hall–Kier alpha value is -1.13. The van der Waals surface area contributed by atoms with Crippen molar-refractivity contribution in [3.63, 3.8) is 0 Å². The molecule has 84 valence electrons. The van der Waals surface area contributed by atoms with Gasteiger partial charge in [-0.15, -0.1) is 0 Å². The van der Waals surface area contributed by atoms with Gasteiger partial charge in [0.05, 0.1) is 6.20 Å². The number of likely N-dealkylation sites (N-methyl/N-ethyl adjacent to an activating group) is 1. The topological polar surface area (TPSA) is 51.4 Å². The molecular formula is C11H19N3O. The van der Waals surface area contributed by atoms with Crippen LogP contribution in [0.25, 0.3) is 0 Å². The van der Waals surface area contributed by atoms with Gasteiger partial charge in [-0.2, -0.15) is 0 Å². The van der Waals surface area contributed by atoms with Crippen molar-refractivity contribution in [1.29, 1.82) is 0 Å². The quantitative estimate of drug-likeness (QED) is 0.742. The first kappa shape index (κ1) is 11.9. The predicted molar refractivity (Wildman–Crippen MR) is 61.0 cm³/mol. The molecule has 0 spiro atoms. The van der Waals surface area contributed by atoms with Crippen LogP contribution in [0.4, 0.5) is 0 Å². The third-order valence-corrected chi connectivity index (χ3v) is 2.01. The Kier molecular flexibility index (Phi) is 5.07. The molecule has 1 aromatic rings. The first-order valence-corrected chi connectivity index (χ1v) is 5.15. The van der Waals surface area contributed by atoms with Gasteiger partial charge < -0.3 is 15.4 Å². The van der Waals surface area contributed by atoms with E-state index in [9.17, 15) is 0 Å². The van der Waals surface area contributed by atoms with Crippen molar-refractivity contribution >= 4 is 0 Å². The molecule has 0 unspecified atom stereocenters. The Labute approximate surface area is 91.1 Å². The molecule has 0 radical (unpaired) electrons. The molecular weight excluding hydrogens is 190 g/mol. The van der Waals surface area contributed by atoms with Crippen LogP contribution in [0.5, 0.6) is 5.75 Å². The first-order valence-electron chi connectivity index (χ1n) is 5.15. The number of aromatic nitrogens is 1. The zero-order valence-electron chi connectivity index (χ0n) is 9.44.